The Morgan fingerprint density at radius 3 is 2.70 bits per heavy atom. The molecule has 3 aromatic rings. The zero-order chi connectivity index (χ0) is 19.7. The van der Waals surface area contributed by atoms with E-state index in [1.807, 2.05) is 17.7 Å². The molecule has 0 bridgehead atoms. The molecule has 1 atom stereocenters. The number of aryl methyl sites for hydroxylation is 2. The number of hydrogen-bond acceptors (Lipinski definition) is 6. The van der Waals surface area contributed by atoms with Gasteiger partial charge in [0.2, 0.25) is 0 Å². The summed E-state index contributed by atoms with van der Waals surface area (Å²) in [7, 11) is 0. The van der Waals surface area contributed by atoms with Crippen LogP contribution in [0, 0.1) is 0 Å². The van der Waals surface area contributed by atoms with Gasteiger partial charge in [-0.3, -0.25) is 0 Å². The number of nitrogens with zero attached hydrogens (tertiary/aromatic N) is 6. The van der Waals surface area contributed by atoms with E-state index in [0.29, 0.717) is 17.9 Å². The quantitative estimate of drug-likeness (QED) is 0.609. The van der Waals surface area contributed by atoms with E-state index in [-0.39, 0.29) is 0 Å². The number of anilines is 1. The fourth-order valence-electron chi connectivity index (χ4n) is 5.47. The number of thiophene rings is 1. The molecule has 0 spiro atoms. The highest BCUT2D eigenvalue weighted by Gasteiger charge is 2.34. The molecule has 0 aromatic carbocycles. The molecule has 3 aliphatic carbocycles. The lowest BCUT2D eigenvalue weighted by molar-refractivity contribution is 0.469. The smallest absolute Gasteiger partial charge is 0.141 e. The van der Waals surface area contributed by atoms with Gasteiger partial charge in [0.25, 0.3) is 0 Å². The topological polar surface area (TPSA) is 59.7 Å². The Kier molecular flexibility index (Phi) is 3.96. The molecule has 1 aliphatic heterocycles. The normalized spacial score (nSPS) is 24.4. The molecule has 7 heteroatoms. The molecule has 1 unspecified atom stereocenters. The van der Waals surface area contributed by atoms with Crippen molar-refractivity contribution in [1.29, 1.82) is 0 Å². The summed E-state index contributed by atoms with van der Waals surface area (Å²) < 4.78 is 2.35. The van der Waals surface area contributed by atoms with Crippen LogP contribution in [0.4, 0.5) is 5.82 Å². The number of hydrogen-bond donors (Lipinski definition) is 0. The van der Waals surface area contributed by atoms with E-state index in [1.54, 1.807) is 10.4 Å². The Morgan fingerprint density at radius 1 is 0.933 bits per heavy atom. The Morgan fingerprint density at radius 2 is 1.83 bits per heavy atom. The first-order valence-electron chi connectivity index (χ1n) is 11.8. The van der Waals surface area contributed by atoms with E-state index in [0.717, 1.165) is 18.9 Å². The lowest BCUT2D eigenvalue weighted by Crippen LogP contribution is -2.36. The molecule has 0 radical (unpaired) electrons. The van der Waals surface area contributed by atoms with Crippen LogP contribution in [0.25, 0.3) is 10.2 Å². The van der Waals surface area contributed by atoms with Crippen LogP contribution in [-0.4, -0.2) is 37.8 Å². The molecule has 156 valence electrons. The molecule has 0 N–H and O–H groups in total. The van der Waals surface area contributed by atoms with Crippen molar-refractivity contribution in [3.05, 3.63) is 28.4 Å². The first-order chi connectivity index (χ1) is 14.8. The number of piperidine rings is 1. The van der Waals surface area contributed by atoms with Gasteiger partial charge >= 0.3 is 0 Å². The average molecular weight is 421 g/mol. The van der Waals surface area contributed by atoms with Gasteiger partial charge in [0, 0.05) is 35.8 Å². The summed E-state index contributed by atoms with van der Waals surface area (Å²) in [6, 6.07) is 0.640. The third-order valence-electron chi connectivity index (χ3n) is 7.38. The highest BCUT2D eigenvalue weighted by Crippen LogP contribution is 2.45. The number of fused-ring (bicyclic) bond motifs is 3. The summed E-state index contributed by atoms with van der Waals surface area (Å²) in [5.41, 5.74) is 1.56. The maximum atomic E-state index is 5.23. The summed E-state index contributed by atoms with van der Waals surface area (Å²) in [5, 5.41) is 10.2. The fraction of sp³-hybridized carbons (Fsp3) is 0.652. The van der Waals surface area contributed by atoms with Crippen molar-refractivity contribution in [2.45, 2.75) is 82.1 Å². The first-order valence-corrected chi connectivity index (χ1v) is 12.6. The van der Waals surface area contributed by atoms with Gasteiger partial charge in [0.05, 0.1) is 5.39 Å². The predicted molar refractivity (Wildman–Crippen MR) is 119 cm³/mol. The number of aromatic nitrogens is 5. The predicted octanol–water partition coefficient (Wildman–Crippen LogP) is 4.76. The van der Waals surface area contributed by atoms with Crippen LogP contribution < -0.4 is 4.90 Å². The molecule has 1 saturated heterocycles. The highest BCUT2D eigenvalue weighted by molar-refractivity contribution is 7.19. The molecule has 7 rings (SSSR count). The summed E-state index contributed by atoms with van der Waals surface area (Å²) in [6.07, 6.45) is 14.5. The lowest BCUT2D eigenvalue weighted by Gasteiger charge is -2.34. The van der Waals surface area contributed by atoms with Gasteiger partial charge in [-0.25, -0.2) is 9.97 Å². The van der Waals surface area contributed by atoms with Gasteiger partial charge in [0.1, 0.15) is 28.6 Å². The van der Waals surface area contributed by atoms with Gasteiger partial charge < -0.3 is 9.47 Å². The van der Waals surface area contributed by atoms with Crippen LogP contribution in [0.3, 0.4) is 0 Å². The van der Waals surface area contributed by atoms with Crippen LogP contribution in [0.2, 0.25) is 0 Å². The molecule has 30 heavy (non-hydrogen) atoms. The maximum Gasteiger partial charge on any atom is 0.141 e. The molecular formula is C23H28N6S. The van der Waals surface area contributed by atoms with E-state index < -0.39 is 0 Å². The van der Waals surface area contributed by atoms with Crippen LogP contribution in [0.5, 0.6) is 0 Å². The van der Waals surface area contributed by atoms with E-state index in [2.05, 4.69) is 19.7 Å². The van der Waals surface area contributed by atoms with Gasteiger partial charge in [0.15, 0.2) is 0 Å². The van der Waals surface area contributed by atoms with Gasteiger partial charge in [-0.1, -0.05) is 0 Å². The van der Waals surface area contributed by atoms with Crippen molar-refractivity contribution in [3.8, 4) is 0 Å². The Bertz CT molecular complexity index is 1110. The minimum Gasteiger partial charge on any atom is -0.355 e. The molecule has 6 nitrogen and oxygen atoms in total. The standard InChI is InChI=1S/C23H28N6S/c1-2-6-18-17(5-1)19-22(25-20(14-7-8-14)26-23(19)30-18)28-11-3-4-15(12-28)21-27-24-13-29(21)16-9-10-16/h13-16H,1-12H2. The third kappa shape index (κ3) is 2.88. The third-order valence-corrected chi connectivity index (χ3v) is 8.57. The van der Waals surface area contributed by atoms with Crippen molar-refractivity contribution < 1.29 is 0 Å². The van der Waals surface area contributed by atoms with Crippen molar-refractivity contribution in [2.24, 2.45) is 0 Å². The van der Waals surface area contributed by atoms with Crippen molar-refractivity contribution in [3.63, 3.8) is 0 Å². The fourth-order valence-corrected chi connectivity index (χ4v) is 6.73. The van der Waals surface area contributed by atoms with Crippen molar-refractivity contribution in [2.75, 3.05) is 18.0 Å². The molecular weight excluding hydrogens is 392 g/mol. The molecule has 4 aliphatic rings. The summed E-state index contributed by atoms with van der Waals surface area (Å²) in [4.78, 5) is 15.7. The SMILES string of the molecule is c1nnc(C2CCCN(c3nc(C4CC4)nc4sc5c(c34)CCCC5)C2)n1C1CC1. The minimum atomic E-state index is 0.450. The summed E-state index contributed by atoms with van der Waals surface area (Å²) >= 11 is 1.95. The Balaban J connectivity index is 1.30. The van der Waals surface area contributed by atoms with Gasteiger partial charge in [-0.05, 0) is 69.8 Å². The molecule has 0 amide bonds. The highest BCUT2D eigenvalue weighted by atomic mass is 32.1. The second kappa shape index (κ2) is 6.74. The Labute approximate surface area is 180 Å². The van der Waals surface area contributed by atoms with Crippen LogP contribution >= 0.6 is 11.3 Å². The zero-order valence-corrected chi connectivity index (χ0v) is 18.2. The van der Waals surface area contributed by atoms with E-state index >= 15 is 0 Å². The lowest BCUT2D eigenvalue weighted by atomic mass is 9.95. The Hall–Kier alpha value is -2.02. The van der Waals surface area contributed by atoms with Crippen LogP contribution in [-0.2, 0) is 12.8 Å². The summed E-state index contributed by atoms with van der Waals surface area (Å²) in [5.74, 6) is 4.56. The molecule has 2 saturated carbocycles. The number of rotatable bonds is 4. The van der Waals surface area contributed by atoms with Crippen molar-refractivity contribution >= 4 is 27.4 Å². The zero-order valence-electron chi connectivity index (χ0n) is 17.4. The monoisotopic (exact) mass is 420 g/mol. The van der Waals surface area contributed by atoms with E-state index in [4.69, 9.17) is 9.97 Å². The average Bonchev–Trinajstić information content (AvgIpc) is 3.72. The largest absolute Gasteiger partial charge is 0.355 e. The van der Waals surface area contributed by atoms with Gasteiger partial charge in [-0.2, -0.15) is 0 Å². The molecule has 3 fully saturated rings. The second-order valence-corrected chi connectivity index (χ2v) is 10.8. The maximum absolute atomic E-state index is 5.23. The molecule has 3 aromatic heterocycles. The minimum absolute atomic E-state index is 0.450. The van der Waals surface area contributed by atoms with Crippen LogP contribution in [0.15, 0.2) is 6.33 Å². The first kappa shape index (κ1) is 17.6. The van der Waals surface area contributed by atoms with E-state index in [1.165, 1.54) is 86.1 Å². The van der Waals surface area contributed by atoms with Gasteiger partial charge in [-0.15, -0.1) is 21.5 Å². The van der Waals surface area contributed by atoms with E-state index in [9.17, 15) is 0 Å². The van der Waals surface area contributed by atoms with Crippen LogP contribution in [0.1, 0.15) is 91.3 Å². The molecule has 4 heterocycles. The van der Waals surface area contributed by atoms with Crippen molar-refractivity contribution in [1.82, 2.24) is 24.7 Å². The summed E-state index contributed by atoms with van der Waals surface area (Å²) in [6.45, 7) is 2.10. The second-order valence-electron chi connectivity index (χ2n) is 9.68.